The third-order valence-electron chi connectivity index (χ3n) is 2.56. The number of ether oxygens (including phenoxy) is 1. The average Bonchev–Trinajstić information content (AvgIpc) is 2.42. The molecule has 0 aliphatic carbocycles. The largest absolute Gasteiger partial charge is 0.478 e. The second-order valence-electron chi connectivity index (χ2n) is 4.17. The number of amides is 2. The molecule has 0 fully saturated rings. The molecule has 0 atom stereocenters. The fourth-order valence-corrected chi connectivity index (χ4v) is 1.57. The van der Waals surface area contributed by atoms with Gasteiger partial charge < -0.3 is 20.9 Å². The smallest absolute Gasteiger partial charge is 0.404 e. The second kappa shape index (κ2) is 7.68. The molecule has 112 valence electrons. The van der Waals surface area contributed by atoms with Gasteiger partial charge in [0.2, 0.25) is 0 Å². The lowest BCUT2D eigenvalue weighted by molar-refractivity contribution is -0.131. The maximum Gasteiger partial charge on any atom is 0.404 e. The van der Waals surface area contributed by atoms with Gasteiger partial charge in [0, 0.05) is 11.6 Å². The molecule has 0 saturated heterocycles. The van der Waals surface area contributed by atoms with Crippen molar-refractivity contribution in [2.75, 3.05) is 13.2 Å². The molecule has 2 amide bonds. The Hall–Kier alpha value is -2.83. The number of hydrogen-bond donors (Lipinski definition) is 3. The Bertz CT molecular complexity index is 581. The van der Waals surface area contributed by atoms with E-state index in [1.54, 1.807) is 25.1 Å². The Labute approximate surface area is 121 Å². The molecule has 0 aliphatic rings. The first-order chi connectivity index (χ1) is 9.90. The highest BCUT2D eigenvalue weighted by Crippen LogP contribution is 2.12. The molecule has 0 bridgehead atoms. The number of primary amides is 1. The highest BCUT2D eigenvalue weighted by molar-refractivity contribution is 5.96. The lowest BCUT2D eigenvalue weighted by Gasteiger charge is -2.08. The maximum absolute atomic E-state index is 12.0. The number of aryl methyl sites for hydroxylation is 1. The van der Waals surface area contributed by atoms with Crippen LogP contribution in [0.1, 0.15) is 21.5 Å². The van der Waals surface area contributed by atoms with E-state index in [4.69, 9.17) is 10.8 Å². The van der Waals surface area contributed by atoms with Gasteiger partial charge >= 0.3 is 12.1 Å². The summed E-state index contributed by atoms with van der Waals surface area (Å²) >= 11 is 0. The summed E-state index contributed by atoms with van der Waals surface area (Å²) < 4.78 is 4.49. The molecule has 1 aromatic rings. The zero-order valence-electron chi connectivity index (χ0n) is 11.5. The van der Waals surface area contributed by atoms with Crippen LogP contribution >= 0.6 is 0 Å². The second-order valence-corrected chi connectivity index (χ2v) is 4.17. The predicted molar refractivity (Wildman–Crippen MR) is 75.7 cm³/mol. The molecule has 0 saturated carbocycles. The van der Waals surface area contributed by atoms with E-state index in [0.717, 1.165) is 11.6 Å². The van der Waals surface area contributed by atoms with Gasteiger partial charge in [-0.15, -0.1) is 0 Å². The molecule has 0 heterocycles. The highest BCUT2D eigenvalue weighted by atomic mass is 16.5. The molecule has 1 rings (SSSR count). The first kappa shape index (κ1) is 16.2. The number of carboxylic acids is 1. The molecular weight excluding hydrogens is 276 g/mol. The van der Waals surface area contributed by atoms with Gasteiger partial charge in [-0.25, -0.2) is 9.59 Å². The van der Waals surface area contributed by atoms with Crippen LogP contribution in [-0.4, -0.2) is 36.2 Å². The molecular formula is C14H16N2O5. The minimum atomic E-state index is -1.06. The molecule has 1 aromatic carbocycles. The van der Waals surface area contributed by atoms with Gasteiger partial charge in [0.05, 0.1) is 6.54 Å². The van der Waals surface area contributed by atoms with E-state index in [-0.39, 0.29) is 19.1 Å². The van der Waals surface area contributed by atoms with Crippen molar-refractivity contribution in [3.05, 3.63) is 41.0 Å². The number of rotatable bonds is 6. The van der Waals surface area contributed by atoms with Crippen molar-refractivity contribution in [3.8, 4) is 0 Å². The lowest BCUT2D eigenvalue weighted by atomic mass is 10.0. The predicted octanol–water partition coefficient (Wildman–Crippen LogP) is 0.918. The topological polar surface area (TPSA) is 119 Å². The molecule has 21 heavy (non-hydrogen) atoms. The number of hydrogen-bond acceptors (Lipinski definition) is 4. The lowest BCUT2D eigenvalue weighted by Crippen LogP contribution is -2.29. The van der Waals surface area contributed by atoms with Gasteiger partial charge in [-0.1, -0.05) is 12.1 Å². The Morgan fingerprint density at radius 3 is 2.71 bits per heavy atom. The van der Waals surface area contributed by atoms with Crippen molar-refractivity contribution in [2.45, 2.75) is 6.92 Å². The zero-order valence-corrected chi connectivity index (χ0v) is 11.5. The minimum Gasteiger partial charge on any atom is -0.478 e. The summed E-state index contributed by atoms with van der Waals surface area (Å²) in [6.07, 6.45) is 1.49. The van der Waals surface area contributed by atoms with Crippen molar-refractivity contribution in [1.82, 2.24) is 5.32 Å². The fourth-order valence-electron chi connectivity index (χ4n) is 1.57. The van der Waals surface area contributed by atoms with E-state index in [0.29, 0.717) is 11.1 Å². The first-order valence-electron chi connectivity index (χ1n) is 6.12. The summed E-state index contributed by atoms with van der Waals surface area (Å²) in [5.74, 6) is -1.41. The molecule has 0 unspecified atom stereocenters. The van der Waals surface area contributed by atoms with Gasteiger partial charge in [-0.3, -0.25) is 4.79 Å². The Balaban J connectivity index is 2.72. The van der Waals surface area contributed by atoms with Crippen molar-refractivity contribution in [3.63, 3.8) is 0 Å². The number of aliphatic carboxylic acids is 1. The normalized spacial score (nSPS) is 10.3. The van der Waals surface area contributed by atoms with Crippen LogP contribution in [0.3, 0.4) is 0 Å². The van der Waals surface area contributed by atoms with E-state index in [1.165, 1.54) is 6.08 Å². The fraction of sp³-hybridized carbons (Fsp3) is 0.214. The van der Waals surface area contributed by atoms with E-state index in [2.05, 4.69) is 10.1 Å². The van der Waals surface area contributed by atoms with E-state index < -0.39 is 12.1 Å². The first-order valence-corrected chi connectivity index (χ1v) is 6.12. The molecule has 7 nitrogen and oxygen atoms in total. The van der Waals surface area contributed by atoms with E-state index in [1.807, 2.05) is 0 Å². The third kappa shape index (κ3) is 5.77. The van der Waals surface area contributed by atoms with Crippen LogP contribution in [0.25, 0.3) is 6.08 Å². The van der Waals surface area contributed by atoms with Crippen LogP contribution in [0.4, 0.5) is 4.79 Å². The van der Waals surface area contributed by atoms with Gasteiger partial charge in [-0.2, -0.15) is 0 Å². The molecule has 0 aromatic heterocycles. The number of carbonyl (C=O) groups excluding carboxylic acids is 2. The van der Waals surface area contributed by atoms with Crippen LogP contribution in [0, 0.1) is 6.92 Å². The monoisotopic (exact) mass is 292 g/mol. The van der Waals surface area contributed by atoms with Crippen LogP contribution < -0.4 is 11.1 Å². The van der Waals surface area contributed by atoms with Crippen LogP contribution in [0.2, 0.25) is 0 Å². The van der Waals surface area contributed by atoms with E-state index in [9.17, 15) is 14.4 Å². The van der Waals surface area contributed by atoms with Gasteiger partial charge in [0.15, 0.2) is 0 Å². The Kier molecular flexibility index (Phi) is 5.94. The Morgan fingerprint density at radius 1 is 1.38 bits per heavy atom. The van der Waals surface area contributed by atoms with Crippen LogP contribution in [0.15, 0.2) is 24.3 Å². The van der Waals surface area contributed by atoms with Crippen molar-refractivity contribution in [2.24, 2.45) is 5.73 Å². The SMILES string of the molecule is Cc1ccc(/C=C/C(=O)O)cc1C(=O)NCCOC(N)=O. The number of carbonyl (C=O) groups is 3. The number of carboxylic acid groups (broad SMARTS) is 1. The van der Waals surface area contributed by atoms with Crippen molar-refractivity contribution < 1.29 is 24.2 Å². The third-order valence-corrected chi connectivity index (χ3v) is 2.56. The molecule has 4 N–H and O–H groups in total. The average molecular weight is 292 g/mol. The summed E-state index contributed by atoms with van der Waals surface area (Å²) in [7, 11) is 0. The van der Waals surface area contributed by atoms with Gasteiger partial charge in [0.1, 0.15) is 6.61 Å². The van der Waals surface area contributed by atoms with Crippen LogP contribution in [0.5, 0.6) is 0 Å². The zero-order chi connectivity index (χ0) is 15.8. The molecule has 0 spiro atoms. The Morgan fingerprint density at radius 2 is 2.10 bits per heavy atom. The number of nitrogens with one attached hydrogen (secondary N) is 1. The quantitative estimate of drug-likeness (QED) is 0.532. The standard InChI is InChI=1S/C14H16N2O5/c1-9-2-3-10(4-5-12(17)18)8-11(9)13(19)16-6-7-21-14(15)20/h2-5,8H,6-7H2,1H3,(H2,15,20)(H,16,19)(H,17,18)/b5-4+. The number of benzene rings is 1. The van der Waals surface area contributed by atoms with Crippen LogP contribution in [-0.2, 0) is 9.53 Å². The van der Waals surface area contributed by atoms with Gasteiger partial charge in [-0.05, 0) is 30.2 Å². The number of nitrogens with two attached hydrogens (primary N) is 1. The molecule has 0 aliphatic heterocycles. The highest BCUT2D eigenvalue weighted by Gasteiger charge is 2.09. The summed E-state index contributed by atoms with van der Waals surface area (Å²) in [5.41, 5.74) is 6.56. The van der Waals surface area contributed by atoms with Crippen molar-refractivity contribution in [1.29, 1.82) is 0 Å². The summed E-state index contributed by atoms with van der Waals surface area (Å²) in [4.78, 5) is 32.8. The van der Waals surface area contributed by atoms with Crippen molar-refractivity contribution >= 4 is 24.0 Å². The summed E-state index contributed by atoms with van der Waals surface area (Å²) in [6, 6.07) is 5.01. The maximum atomic E-state index is 12.0. The molecule has 0 radical (unpaired) electrons. The van der Waals surface area contributed by atoms with Gasteiger partial charge in [0.25, 0.3) is 5.91 Å². The molecule has 7 heteroatoms. The minimum absolute atomic E-state index is 0.0152. The summed E-state index contributed by atoms with van der Waals surface area (Å²) in [5, 5.41) is 11.2. The summed E-state index contributed by atoms with van der Waals surface area (Å²) in [6.45, 7) is 1.88. The van der Waals surface area contributed by atoms with E-state index >= 15 is 0 Å².